The van der Waals surface area contributed by atoms with Crippen LogP contribution in [0.2, 0.25) is 0 Å². The minimum Gasteiger partial charge on any atom is -0.430 e. The van der Waals surface area contributed by atoms with Gasteiger partial charge in [0.15, 0.2) is 0 Å². The van der Waals surface area contributed by atoms with Crippen molar-refractivity contribution in [2.24, 2.45) is 0 Å². The second-order valence-corrected chi connectivity index (χ2v) is 2.62. The van der Waals surface area contributed by atoms with E-state index in [9.17, 15) is 0 Å². The summed E-state index contributed by atoms with van der Waals surface area (Å²) in [5, 5.41) is 66.4. The van der Waals surface area contributed by atoms with E-state index in [1.54, 1.807) is 0 Å². The van der Waals surface area contributed by atoms with E-state index in [1.807, 2.05) is 0 Å². The van der Waals surface area contributed by atoms with Crippen LogP contribution in [0.1, 0.15) is 0 Å². The van der Waals surface area contributed by atoms with E-state index >= 15 is 0 Å². The van der Waals surface area contributed by atoms with Crippen molar-refractivity contribution in [3.63, 3.8) is 0 Å². The highest BCUT2D eigenvalue weighted by atomic mass is 16.4. The first-order valence-electron chi connectivity index (χ1n) is 4.11. The summed E-state index contributed by atoms with van der Waals surface area (Å²) in [4.78, 5) is 0. The minimum absolute atomic E-state index is 0.726. The van der Waals surface area contributed by atoms with Gasteiger partial charge in [-0.05, 0) is 0 Å². The lowest BCUT2D eigenvalue weighted by molar-refractivity contribution is -0.123. The van der Waals surface area contributed by atoms with Crippen LogP contribution >= 0.6 is 0 Å². The van der Waals surface area contributed by atoms with Crippen molar-refractivity contribution in [3.05, 3.63) is 0 Å². The van der Waals surface area contributed by atoms with Crippen LogP contribution in [0, 0.1) is 0 Å². The smallest absolute Gasteiger partial charge is 0.430 e. The summed E-state index contributed by atoms with van der Waals surface area (Å²) < 4.78 is 0. The van der Waals surface area contributed by atoms with Gasteiger partial charge in [-0.1, -0.05) is 0 Å². The van der Waals surface area contributed by atoms with Gasteiger partial charge in [0.05, 0.1) is 13.2 Å². The lowest BCUT2D eigenvalue weighted by Gasteiger charge is -2.24. The lowest BCUT2D eigenvalue weighted by Crippen LogP contribution is -2.46. The van der Waals surface area contributed by atoms with Crippen LogP contribution in [-0.4, -0.2) is 86.0 Å². The Hall–Kier alpha value is -0.255. The molecule has 0 heterocycles. The fourth-order valence-corrected chi connectivity index (χ4v) is 0.671. The third-order valence-electron chi connectivity index (χ3n) is 1.51. The zero-order valence-electron chi connectivity index (χ0n) is 8.01. The Kier molecular flexibility index (Phi) is 11.7. The molecule has 0 unspecified atom stereocenters. The first-order chi connectivity index (χ1) is 6.95. The maximum Gasteiger partial charge on any atom is 0.432 e. The van der Waals surface area contributed by atoms with Crippen molar-refractivity contribution in [1.82, 2.24) is 0 Å². The predicted octanol–water partition coefficient (Wildman–Crippen LogP) is -5.35. The number of aliphatic hydroxyl groups is 6. The van der Waals surface area contributed by atoms with Gasteiger partial charge in [-0.2, -0.15) is 0 Å². The highest BCUT2D eigenvalue weighted by Crippen LogP contribution is 2.03. The van der Waals surface area contributed by atoms with Gasteiger partial charge in [-0.15, -0.1) is 0 Å². The Morgan fingerprint density at radius 2 is 0.933 bits per heavy atom. The molecule has 0 aliphatic rings. The molecule has 0 aliphatic carbocycles. The van der Waals surface area contributed by atoms with Gasteiger partial charge < -0.3 is 40.7 Å². The minimum atomic E-state index is -1.67. The molecule has 9 heteroatoms. The second kappa shape index (κ2) is 10.3. The maximum atomic E-state index is 8.96. The molecule has 0 amide bonds. The number of aliphatic hydroxyl groups excluding tert-OH is 6. The summed E-state index contributed by atoms with van der Waals surface area (Å²) in [5.41, 5.74) is 0. The van der Waals surface area contributed by atoms with Gasteiger partial charge in [-0.25, -0.2) is 0 Å². The van der Waals surface area contributed by atoms with E-state index in [0.717, 1.165) is 0 Å². The Bertz CT molecular complexity index is 122. The monoisotopic (exact) mass is 228 g/mol. The van der Waals surface area contributed by atoms with E-state index in [0.29, 0.717) is 0 Å². The van der Waals surface area contributed by atoms with Crippen LogP contribution in [0.25, 0.3) is 0 Å². The topological polar surface area (TPSA) is 162 Å². The molecule has 0 saturated heterocycles. The fourth-order valence-electron chi connectivity index (χ4n) is 0.671. The van der Waals surface area contributed by atoms with Crippen LogP contribution in [-0.2, 0) is 0 Å². The molecule has 0 fully saturated rings. The zero-order chi connectivity index (χ0) is 12.4. The van der Waals surface area contributed by atoms with Crippen molar-refractivity contribution in [3.8, 4) is 0 Å². The Morgan fingerprint density at radius 1 is 0.733 bits per heavy atom. The molecule has 0 aromatic rings. The Labute approximate surface area is 87.0 Å². The van der Waals surface area contributed by atoms with E-state index in [2.05, 4.69) is 0 Å². The number of hydrogen-bond acceptors (Lipinski definition) is 8. The quantitative estimate of drug-likeness (QED) is 0.216. The molecule has 15 heavy (non-hydrogen) atoms. The molecular weight excluding hydrogens is 211 g/mol. The predicted molar refractivity (Wildman–Crippen MR) is 49.8 cm³/mol. The summed E-state index contributed by atoms with van der Waals surface area (Å²) in [7, 11) is -0.750. The summed E-state index contributed by atoms with van der Waals surface area (Å²) in [6, 6.07) is 0. The molecule has 0 aromatic heterocycles. The van der Waals surface area contributed by atoms with Crippen LogP contribution in [0.15, 0.2) is 0 Å². The number of hydrogen-bond donors (Lipinski definition) is 8. The van der Waals surface area contributed by atoms with Crippen molar-refractivity contribution in [2.45, 2.75) is 24.4 Å². The molecule has 0 bridgehead atoms. The van der Waals surface area contributed by atoms with E-state index < -0.39 is 45.3 Å². The molecule has 0 aromatic carbocycles. The maximum absolute atomic E-state index is 8.96. The third kappa shape index (κ3) is 7.65. The van der Waals surface area contributed by atoms with Crippen LogP contribution < -0.4 is 0 Å². The normalized spacial score (nSPS) is 18.1. The van der Waals surface area contributed by atoms with Gasteiger partial charge >= 0.3 is 7.69 Å². The average molecular weight is 228 g/mol. The summed E-state index contributed by atoms with van der Waals surface area (Å²) in [6.07, 6.45) is -6.39. The molecule has 0 saturated carbocycles. The van der Waals surface area contributed by atoms with Crippen molar-refractivity contribution in [1.29, 1.82) is 0 Å². The van der Waals surface area contributed by atoms with Gasteiger partial charge in [0.25, 0.3) is 0 Å². The molecule has 0 radical (unpaired) electrons. The van der Waals surface area contributed by atoms with Crippen LogP contribution in [0.3, 0.4) is 0 Å². The number of rotatable bonds is 5. The molecular formula is C6H17BO8. The van der Waals surface area contributed by atoms with E-state index in [-0.39, 0.29) is 0 Å². The molecule has 0 spiro atoms. The summed E-state index contributed by atoms with van der Waals surface area (Å²) in [5.74, 6) is 0. The van der Waals surface area contributed by atoms with Crippen LogP contribution in [0.5, 0.6) is 0 Å². The van der Waals surface area contributed by atoms with Crippen LogP contribution in [0.4, 0.5) is 0 Å². The highest BCUT2D eigenvalue weighted by molar-refractivity contribution is 6.13. The molecule has 8 nitrogen and oxygen atoms in total. The molecule has 4 atom stereocenters. The SMILES string of the molecule is OBO.OC[C@@H](O)[C@@H](O)[C@H](O)[C@@H](O)CO. The van der Waals surface area contributed by atoms with E-state index in [4.69, 9.17) is 40.7 Å². The molecule has 8 N–H and O–H groups in total. The van der Waals surface area contributed by atoms with Crippen molar-refractivity contribution in [2.75, 3.05) is 13.2 Å². The molecule has 92 valence electrons. The first-order valence-corrected chi connectivity index (χ1v) is 4.11. The standard InChI is InChI=1S/C6H14O6.BH3O2/c7-1-3(9)5(11)6(12)4(10)2-8;2-1-3/h3-12H,1-2H2;1-3H/t3-,4+,5-,6-;/m1./s1. The zero-order valence-corrected chi connectivity index (χ0v) is 8.01. The second-order valence-electron chi connectivity index (χ2n) is 2.62. The average Bonchev–Trinajstić information content (AvgIpc) is 2.25. The van der Waals surface area contributed by atoms with Gasteiger partial charge in [0.1, 0.15) is 24.4 Å². The Morgan fingerprint density at radius 3 is 1.07 bits per heavy atom. The first kappa shape index (κ1) is 17.1. The van der Waals surface area contributed by atoms with E-state index in [1.165, 1.54) is 0 Å². The highest BCUT2D eigenvalue weighted by Gasteiger charge is 2.29. The lowest BCUT2D eigenvalue weighted by atomic mass is 10.0. The summed E-state index contributed by atoms with van der Waals surface area (Å²) in [6.45, 7) is -1.45. The van der Waals surface area contributed by atoms with Gasteiger partial charge in [0.2, 0.25) is 0 Å². The van der Waals surface area contributed by atoms with Gasteiger partial charge in [0, 0.05) is 0 Å². The largest absolute Gasteiger partial charge is 0.432 e. The molecule has 0 aliphatic heterocycles. The van der Waals surface area contributed by atoms with Crippen molar-refractivity contribution < 1.29 is 40.7 Å². The summed E-state index contributed by atoms with van der Waals surface area (Å²) >= 11 is 0. The molecule has 0 rings (SSSR count). The van der Waals surface area contributed by atoms with Crippen molar-refractivity contribution >= 4 is 7.69 Å². The fraction of sp³-hybridized carbons (Fsp3) is 1.00. The van der Waals surface area contributed by atoms with Gasteiger partial charge in [-0.3, -0.25) is 0 Å². The third-order valence-corrected chi connectivity index (χ3v) is 1.51. The Balaban J connectivity index is 0.